The van der Waals surface area contributed by atoms with Crippen LogP contribution < -0.4 is 24.8 Å². The first-order valence-electron chi connectivity index (χ1n) is 8.81. The fourth-order valence-corrected chi connectivity index (χ4v) is 2.47. The largest absolute Gasteiger partial charge is 0.573 e. The number of ether oxygens (including phenoxy) is 3. The summed E-state index contributed by atoms with van der Waals surface area (Å²) < 4.78 is 51.1. The monoisotopic (exact) mass is 426 g/mol. The predicted molar refractivity (Wildman–Crippen MR) is 102 cm³/mol. The third-order valence-corrected chi connectivity index (χ3v) is 4.02. The second-order valence-corrected chi connectivity index (χ2v) is 6.14. The standard InChI is InChI=1S/C20H21F3N2O5/c1-12(13-4-7-15(8-5-13)30-20(21,22)23)25-19(27)14-6-9-16(17(10-14)28-3)29-11-18(26)24-2/h4-10,12H,11H2,1-3H3,(H,24,26)(H,25,27). The smallest absolute Gasteiger partial charge is 0.493 e. The highest BCUT2D eigenvalue weighted by molar-refractivity contribution is 5.95. The van der Waals surface area contributed by atoms with E-state index in [1.54, 1.807) is 6.92 Å². The van der Waals surface area contributed by atoms with Gasteiger partial charge in [0.15, 0.2) is 18.1 Å². The molecule has 2 aromatic rings. The summed E-state index contributed by atoms with van der Waals surface area (Å²) in [5.41, 5.74) is 0.874. The Kier molecular flexibility index (Phi) is 7.51. The van der Waals surface area contributed by atoms with E-state index >= 15 is 0 Å². The number of alkyl halides is 3. The molecule has 1 unspecified atom stereocenters. The SMILES string of the molecule is CNC(=O)COc1ccc(C(=O)NC(C)c2ccc(OC(F)(F)F)cc2)cc1OC. The highest BCUT2D eigenvalue weighted by atomic mass is 19.4. The molecular formula is C20H21F3N2O5. The Morgan fingerprint density at radius 2 is 1.73 bits per heavy atom. The van der Waals surface area contributed by atoms with Crippen LogP contribution in [-0.4, -0.2) is 38.9 Å². The van der Waals surface area contributed by atoms with Crippen LogP contribution in [0.1, 0.15) is 28.9 Å². The number of nitrogens with one attached hydrogen (secondary N) is 2. The van der Waals surface area contributed by atoms with Crippen LogP contribution in [0.2, 0.25) is 0 Å². The fraction of sp³-hybridized carbons (Fsp3) is 0.300. The van der Waals surface area contributed by atoms with E-state index in [9.17, 15) is 22.8 Å². The van der Waals surface area contributed by atoms with Crippen molar-refractivity contribution in [2.75, 3.05) is 20.8 Å². The van der Waals surface area contributed by atoms with Crippen molar-refractivity contribution in [2.24, 2.45) is 0 Å². The van der Waals surface area contributed by atoms with E-state index in [2.05, 4.69) is 15.4 Å². The summed E-state index contributed by atoms with van der Waals surface area (Å²) in [6.45, 7) is 1.49. The Hall–Kier alpha value is -3.43. The van der Waals surface area contributed by atoms with Crippen LogP contribution in [0, 0.1) is 0 Å². The summed E-state index contributed by atoms with van der Waals surface area (Å²) in [5, 5.41) is 5.17. The first-order valence-corrected chi connectivity index (χ1v) is 8.81. The van der Waals surface area contributed by atoms with Crippen molar-refractivity contribution in [2.45, 2.75) is 19.3 Å². The zero-order chi connectivity index (χ0) is 22.3. The molecule has 2 amide bonds. The van der Waals surface area contributed by atoms with Gasteiger partial charge in [-0.2, -0.15) is 0 Å². The number of benzene rings is 2. The highest BCUT2D eigenvalue weighted by Crippen LogP contribution is 2.29. The van der Waals surface area contributed by atoms with Crippen LogP contribution >= 0.6 is 0 Å². The minimum Gasteiger partial charge on any atom is -0.493 e. The van der Waals surface area contributed by atoms with Crippen LogP contribution in [0.5, 0.6) is 17.2 Å². The maximum absolute atomic E-state index is 12.5. The Bertz CT molecular complexity index is 885. The first-order chi connectivity index (χ1) is 14.1. The second-order valence-electron chi connectivity index (χ2n) is 6.14. The molecule has 7 nitrogen and oxygen atoms in total. The molecule has 30 heavy (non-hydrogen) atoms. The van der Waals surface area contributed by atoms with Gasteiger partial charge >= 0.3 is 6.36 Å². The molecule has 10 heteroatoms. The van der Waals surface area contributed by atoms with Crippen molar-refractivity contribution in [1.82, 2.24) is 10.6 Å². The molecule has 0 aromatic heterocycles. The lowest BCUT2D eigenvalue weighted by molar-refractivity contribution is -0.274. The van der Waals surface area contributed by atoms with Crippen molar-refractivity contribution < 1.29 is 37.0 Å². The van der Waals surface area contributed by atoms with Gasteiger partial charge in [-0.05, 0) is 42.8 Å². The summed E-state index contributed by atoms with van der Waals surface area (Å²) in [4.78, 5) is 23.8. The van der Waals surface area contributed by atoms with Crippen LogP contribution in [0.15, 0.2) is 42.5 Å². The fourth-order valence-electron chi connectivity index (χ4n) is 2.47. The lowest BCUT2D eigenvalue weighted by Crippen LogP contribution is -2.27. The van der Waals surface area contributed by atoms with Gasteiger partial charge in [-0.25, -0.2) is 0 Å². The van der Waals surface area contributed by atoms with Gasteiger partial charge in [0.05, 0.1) is 13.2 Å². The average molecular weight is 426 g/mol. The van der Waals surface area contributed by atoms with Gasteiger partial charge in [0.1, 0.15) is 5.75 Å². The molecule has 0 saturated carbocycles. The normalized spacial score (nSPS) is 11.9. The van der Waals surface area contributed by atoms with Gasteiger partial charge in [0.25, 0.3) is 11.8 Å². The zero-order valence-corrected chi connectivity index (χ0v) is 16.5. The number of hydrogen-bond acceptors (Lipinski definition) is 5. The molecule has 0 heterocycles. The van der Waals surface area contributed by atoms with E-state index in [1.807, 2.05) is 0 Å². The molecular weight excluding hydrogens is 405 g/mol. The second kappa shape index (κ2) is 9.86. The minimum absolute atomic E-state index is 0.205. The molecule has 0 bridgehead atoms. The molecule has 162 valence electrons. The zero-order valence-electron chi connectivity index (χ0n) is 16.5. The summed E-state index contributed by atoms with van der Waals surface area (Å²) in [5.74, 6) is -0.519. The van der Waals surface area contributed by atoms with Gasteiger partial charge in [-0.3, -0.25) is 9.59 Å². The van der Waals surface area contributed by atoms with Crippen molar-refractivity contribution in [3.63, 3.8) is 0 Å². The minimum atomic E-state index is -4.77. The van der Waals surface area contributed by atoms with Crippen molar-refractivity contribution in [3.8, 4) is 17.2 Å². The number of rotatable bonds is 8. The topological polar surface area (TPSA) is 85.9 Å². The number of hydrogen-bond donors (Lipinski definition) is 2. The summed E-state index contributed by atoms with van der Waals surface area (Å²) in [6.07, 6.45) is -4.77. The van der Waals surface area contributed by atoms with Crippen molar-refractivity contribution in [1.29, 1.82) is 0 Å². The lowest BCUT2D eigenvalue weighted by atomic mass is 10.1. The molecule has 0 aliphatic carbocycles. The number of carbonyl (C=O) groups is 2. The molecule has 0 aliphatic rings. The molecule has 0 saturated heterocycles. The Balaban J connectivity index is 2.05. The Morgan fingerprint density at radius 1 is 1.07 bits per heavy atom. The molecule has 0 spiro atoms. The number of methoxy groups -OCH3 is 1. The van der Waals surface area contributed by atoms with E-state index in [1.165, 1.54) is 56.6 Å². The summed E-state index contributed by atoms with van der Waals surface area (Å²) in [6, 6.07) is 9.20. The lowest BCUT2D eigenvalue weighted by Gasteiger charge is -2.16. The highest BCUT2D eigenvalue weighted by Gasteiger charge is 2.31. The van der Waals surface area contributed by atoms with E-state index in [0.29, 0.717) is 11.3 Å². The maximum atomic E-state index is 12.5. The number of carbonyl (C=O) groups excluding carboxylic acids is 2. The number of amides is 2. The van der Waals surface area contributed by atoms with Gasteiger partial charge < -0.3 is 24.8 Å². The number of likely N-dealkylation sites (N-methyl/N-ethyl adjacent to an activating group) is 1. The molecule has 0 fully saturated rings. The summed E-state index contributed by atoms with van der Waals surface area (Å²) in [7, 11) is 2.88. The molecule has 2 rings (SSSR count). The van der Waals surface area contributed by atoms with Crippen molar-refractivity contribution >= 4 is 11.8 Å². The molecule has 2 N–H and O–H groups in total. The number of halogens is 3. The Labute approximate surface area is 171 Å². The summed E-state index contributed by atoms with van der Waals surface area (Å²) >= 11 is 0. The van der Waals surface area contributed by atoms with Gasteiger partial charge in [-0.15, -0.1) is 13.2 Å². The van der Waals surface area contributed by atoms with Crippen LogP contribution in [-0.2, 0) is 4.79 Å². The average Bonchev–Trinajstić information content (AvgIpc) is 2.70. The van der Waals surface area contributed by atoms with Gasteiger partial charge in [0, 0.05) is 12.6 Å². The third kappa shape index (κ3) is 6.57. The maximum Gasteiger partial charge on any atom is 0.573 e. The van der Waals surface area contributed by atoms with Crippen LogP contribution in [0.3, 0.4) is 0 Å². The van der Waals surface area contributed by atoms with E-state index < -0.39 is 18.3 Å². The molecule has 0 radical (unpaired) electrons. The molecule has 0 aliphatic heterocycles. The Morgan fingerprint density at radius 3 is 2.30 bits per heavy atom. The first kappa shape index (κ1) is 22.9. The van der Waals surface area contributed by atoms with Crippen molar-refractivity contribution in [3.05, 3.63) is 53.6 Å². The van der Waals surface area contributed by atoms with E-state index in [0.717, 1.165) is 0 Å². The van der Waals surface area contributed by atoms with Gasteiger partial charge in [-0.1, -0.05) is 12.1 Å². The van der Waals surface area contributed by atoms with Gasteiger partial charge in [0.2, 0.25) is 0 Å². The molecule has 2 aromatic carbocycles. The van der Waals surface area contributed by atoms with E-state index in [4.69, 9.17) is 9.47 Å². The van der Waals surface area contributed by atoms with Crippen LogP contribution in [0.4, 0.5) is 13.2 Å². The third-order valence-electron chi connectivity index (χ3n) is 4.02. The van der Waals surface area contributed by atoms with Crippen LogP contribution in [0.25, 0.3) is 0 Å². The molecule has 1 atom stereocenters. The van der Waals surface area contributed by atoms with E-state index in [-0.39, 0.29) is 29.6 Å². The predicted octanol–water partition coefficient (Wildman–Crippen LogP) is 3.21. The quantitative estimate of drug-likeness (QED) is 0.677.